The van der Waals surface area contributed by atoms with Crippen LogP contribution in [0.2, 0.25) is 0 Å². The molecule has 7 nitrogen and oxygen atoms in total. The normalized spacial score (nSPS) is 14.1. The van der Waals surface area contributed by atoms with Crippen molar-refractivity contribution in [3.63, 3.8) is 0 Å². The minimum atomic E-state index is -3.72. The molecule has 1 aliphatic rings. The van der Waals surface area contributed by atoms with E-state index in [1.807, 2.05) is 17.7 Å². The summed E-state index contributed by atoms with van der Waals surface area (Å²) in [5.74, 6) is 0. The van der Waals surface area contributed by atoms with Gasteiger partial charge in [-0.1, -0.05) is 24.3 Å². The lowest BCUT2D eigenvalue weighted by Crippen LogP contribution is -2.23. The molecule has 3 heterocycles. The third-order valence-corrected chi connectivity index (χ3v) is 7.33. The lowest BCUT2D eigenvalue weighted by molar-refractivity contribution is 0.601. The lowest BCUT2D eigenvalue weighted by Gasteiger charge is -2.20. The Balaban J connectivity index is 1.61. The molecule has 0 amide bonds. The van der Waals surface area contributed by atoms with Gasteiger partial charge in [-0.15, -0.1) is 0 Å². The second-order valence-corrected chi connectivity index (χ2v) is 9.52. The van der Waals surface area contributed by atoms with Gasteiger partial charge in [0.25, 0.3) is 10.0 Å². The molecule has 0 saturated carbocycles. The topological polar surface area (TPSA) is 88.9 Å². The Morgan fingerprint density at radius 3 is 2.93 bits per heavy atom. The number of benzene rings is 2. The van der Waals surface area contributed by atoms with E-state index in [0.717, 1.165) is 47.5 Å². The minimum Gasteiger partial charge on any atom is -0.350 e. The van der Waals surface area contributed by atoms with Crippen molar-refractivity contribution in [1.29, 1.82) is 0 Å². The van der Waals surface area contributed by atoms with E-state index in [9.17, 15) is 8.42 Å². The van der Waals surface area contributed by atoms with Gasteiger partial charge in [0.2, 0.25) is 5.13 Å². The third kappa shape index (κ3) is 3.21. The van der Waals surface area contributed by atoms with Crippen LogP contribution in [0.3, 0.4) is 0 Å². The molecule has 2 N–H and O–H groups in total. The molecule has 0 fully saturated rings. The van der Waals surface area contributed by atoms with Gasteiger partial charge in [0.05, 0.1) is 4.90 Å². The van der Waals surface area contributed by atoms with Gasteiger partial charge in [0.15, 0.2) is 0 Å². The summed E-state index contributed by atoms with van der Waals surface area (Å²) in [6, 6.07) is 11.6. The highest BCUT2D eigenvalue weighted by molar-refractivity contribution is 7.93. The predicted molar refractivity (Wildman–Crippen MR) is 114 cm³/mol. The number of anilines is 1. The van der Waals surface area contributed by atoms with Crippen molar-refractivity contribution in [2.75, 3.05) is 11.3 Å². The first kappa shape index (κ1) is 18.3. The molecule has 5 rings (SSSR count). The number of aromatic nitrogens is 3. The van der Waals surface area contributed by atoms with Crippen LogP contribution in [0.15, 0.2) is 53.8 Å². The first-order chi connectivity index (χ1) is 14.0. The van der Waals surface area contributed by atoms with Crippen LogP contribution < -0.4 is 10.0 Å². The van der Waals surface area contributed by atoms with Gasteiger partial charge >= 0.3 is 0 Å². The van der Waals surface area contributed by atoms with E-state index in [2.05, 4.69) is 43.8 Å². The summed E-state index contributed by atoms with van der Waals surface area (Å²) in [6.07, 6.45) is 4.39. The van der Waals surface area contributed by atoms with Gasteiger partial charge in [-0.2, -0.15) is 4.37 Å². The summed E-state index contributed by atoms with van der Waals surface area (Å²) in [5.41, 5.74) is 5.91. The molecule has 0 saturated heterocycles. The molecule has 2 aromatic heterocycles. The average Bonchev–Trinajstić information content (AvgIpc) is 3.35. The molecule has 0 unspecified atom stereocenters. The molecule has 0 atom stereocenters. The largest absolute Gasteiger partial charge is 0.350 e. The van der Waals surface area contributed by atoms with Gasteiger partial charge in [-0.05, 0) is 41.8 Å². The molecule has 4 aromatic rings. The highest BCUT2D eigenvalue weighted by atomic mass is 32.2. The zero-order valence-corrected chi connectivity index (χ0v) is 17.3. The van der Waals surface area contributed by atoms with Crippen LogP contribution in [-0.4, -0.2) is 28.9 Å². The Morgan fingerprint density at radius 2 is 2.10 bits per heavy atom. The standard InChI is InChI=1S/C20H19N5O2S2/c1-25-11-18(16-4-2-3-13-10-21-8-7-15(13)16)17-6-5-14(9-19(17)25)29(26,27)24-20-22-12-23-28-20/h2-6,9,11-12,21H,7-8,10H2,1H3,(H,22,23,24). The van der Waals surface area contributed by atoms with E-state index in [4.69, 9.17) is 0 Å². The van der Waals surface area contributed by atoms with Gasteiger partial charge < -0.3 is 9.88 Å². The van der Waals surface area contributed by atoms with Crippen molar-refractivity contribution >= 4 is 37.6 Å². The van der Waals surface area contributed by atoms with Crippen LogP contribution in [0.1, 0.15) is 11.1 Å². The molecule has 148 valence electrons. The van der Waals surface area contributed by atoms with Gasteiger partial charge in [0.1, 0.15) is 6.33 Å². The van der Waals surface area contributed by atoms with E-state index in [-0.39, 0.29) is 10.0 Å². The van der Waals surface area contributed by atoms with E-state index in [1.165, 1.54) is 23.0 Å². The van der Waals surface area contributed by atoms with Crippen LogP contribution in [-0.2, 0) is 30.0 Å². The number of fused-ring (bicyclic) bond motifs is 2. The number of sulfonamides is 1. The maximum Gasteiger partial charge on any atom is 0.263 e. The zero-order valence-electron chi connectivity index (χ0n) is 15.7. The quantitative estimate of drug-likeness (QED) is 0.524. The average molecular weight is 426 g/mol. The fourth-order valence-corrected chi connectivity index (χ4v) is 5.60. The van der Waals surface area contributed by atoms with E-state index >= 15 is 0 Å². The summed E-state index contributed by atoms with van der Waals surface area (Å²) >= 11 is 1.00. The second kappa shape index (κ2) is 6.94. The van der Waals surface area contributed by atoms with E-state index < -0.39 is 10.0 Å². The highest BCUT2D eigenvalue weighted by Crippen LogP contribution is 2.35. The lowest BCUT2D eigenvalue weighted by atomic mass is 9.91. The fourth-order valence-electron chi connectivity index (χ4n) is 3.92. The Morgan fingerprint density at radius 1 is 1.21 bits per heavy atom. The summed E-state index contributed by atoms with van der Waals surface area (Å²) in [4.78, 5) is 4.10. The molecule has 9 heteroatoms. The van der Waals surface area contributed by atoms with Crippen molar-refractivity contribution < 1.29 is 8.42 Å². The number of nitrogens with zero attached hydrogens (tertiary/aromatic N) is 3. The summed E-state index contributed by atoms with van der Waals surface area (Å²) in [5, 5.41) is 4.70. The third-order valence-electron chi connectivity index (χ3n) is 5.29. The Bertz CT molecular complexity index is 1310. The summed E-state index contributed by atoms with van der Waals surface area (Å²) in [6.45, 7) is 1.85. The van der Waals surface area contributed by atoms with Crippen molar-refractivity contribution in [1.82, 2.24) is 19.2 Å². The minimum absolute atomic E-state index is 0.201. The summed E-state index contributed by atoms with van der Waals surface area (Å²) in [7, 11) is -1.78. The van der Waals surface area contributed by atoms with E-state index in [1.54, 1.807) is 12.1 Å². The number of nitrogens with one attached hydrogen (secondary N) is 2. The Labute approximate surface area is 172 Å². The molecule has 2 aromatic carbocycles. The van der Waals surface area contributed by atoms with Crippen LogP contribution in [0.25, 0.3) is 22.0 Å². The molecular weight excluding hydrogens is 406 g/mol. The zero-order chi connectivity index (χ0) is 20.0. The molecule has 0 spiro atoms. The predicted octanol–water partition coefficient (Wildman–Crippen LogP) is 3.14. The van der Waals surface area contributed by atoms with Gasteiger partial charge in [-0.25, -0.2) is 13.4 Å². The van der Waals surface area contributed by atoms with Crippen molar-refractivity contribution in [3.8, 4) is 11.1 Å². The van der Waals surface area contributed by atoms with E-state index in [0.29, 0.717) is 0 Å². The summed E-state index contributed by atoms with van der Waals surface area (Å²) < 4.78 is 33.8. The van der Waals surface area contributed by atoms with Crippen LogP contribution >= 0.6 is 11.5 Å². The first-order valence-corrected chi connectivity index (χ1v) is 11.5. The smallest absolute Gasteiger partial charge is 0.263 e. The van der Waals surface area contributed by atoms with Crippen molar-refractivity contribution in [2.24, 2.45) is 7.05 Å². The number of hydrogen-bond acceptors (Lipinski definition) is 6. The molecule has 29 heavy (non-hydrogen) atoms. The first-order valence-electron chi connectivity index (χ1n) is 9.23. The van der Waals surface area contributed by atoms with Crippen molar-refractivity contribution in [3.05, 3.63) is 60.0 Å². The van der Waals surface area contributed by atoms with Gasteiger partial charge in [0, 0.05) is 47.8 Å². The second-order valence-electron chi connectivity index (χ2n) is 7.05. The Hall–Kier alpha value is -2.75. The monoisotopic (exact) mass is 425 g/mol. The maximum atomic E-state index is 12.7. The maximum absolute atomic E-state index is 12.7. The molecule has 0 aliphatic carbocycles. The molecule has 1 aliphatic heterocycles. The Kier molecular flexibility index (Phi) is 4.38. The number of aryl methyl sites for hydroxylation is 1. The fraction of sp³-hybridized carbons (Fsp3) is 0.200. The number of rotatable bonds is 4. The molecule has 0 radical (unpaired) electrons. The molecule has 0 bridgehead atoms. The molecular formula is C20H19N5O2S2. The highest BCUT2D eigenvalue weighted by Gasteiger charge is 2.20. The van der Waals surface area contributed by atoms with Crippen LogP contribution in [0, 0.1) is 0 Å². The SMILES string of the molecule is Cn1cc(-c2cccc3c2CCNC3)c2ccc(S(=O)(=O)Nc3ncns3)cc21. The van der Waals surface area contributed by atoms with Gasteiger partial charge in [-0.3, -0.25) is 4.72 Å². The number of hydrogen-bond donors (Lipinski definition) is 2. The van der Waals surface area contributed by atoms with Crippen molar-refractivity contribution in [2.45, 2.75) is 17.9 Å². The van der Waals surface area contributed by atoms with Crippen LogP contribution in [0.5, 0.6) is 0 Å². The van der Waals surface area contributed by atoms with Crippen LogP contribution in [0.4, 0.5) is 5.13 Å².